The molecule has 0 N–H and O–H groups in total. The Morgan fingerprint density at radius 3 is 0.988 bits per heavy atom. The first-order chi connectivity index (χ1) is 39.6. The van der Waals surface area contributed by atoms with Crippen molar-refractivity contribution < 1.29 is 42.9 Å². The molecule has 81 heavy (non-hydrogen) atoms. The molecule has 0 rings (SSSR count). The van der Waals surface area contributed by atoms with E-state index in [0.29, 0.717) is 23.9 Å². The van der Waals surface area contributed by atoms with Crippen molar-refractivity contribution in [3.05, 3.63) is 182 Å². The molecule has 2 atom stereocenters. The third-order valence-corrected chi connectivity index (χ3v) is 12.1. The molecule has 9 nitrogen and oxygen atoms in total. The second kappa shape index (κ2) is 60.5. The van der Waals surface area contributed by atoms with E-state index < -0.39 is 30.3 Å². The zero-order valence-electron chi connectivity index (χ0n) is 51.3. The van der Waals surface area contributed by atoms with Gasteiger partial charge in [0.15, 0.2) is 12.4 Å². The molecule has 2 unspecified atom stereocenters. The lowest BCUT2D eigenvalue weighted by Gasteiger charge is -2.26. The fourth-order valence-corrected chi connectivity index (χ4v) is 7.47. The molecule has 0 spiro atoms. The van der Waals surface area contributed by atoms with Crippen molar-refractivity contribution in [2.75, 3.05) is 47.5 Å². The topological polar surface area (TPSA) is 111 Å². The van der Waals surface area contributed by atoms with Crippen molar-refractivity contribution >= 4 is 17.9 Å². The van der Waals surface area contributed by atoms with Gasteiger partial charge in [-0.1, -0.05) is 228 Å². The van der Waals surface area contributed by atoms with Gasteiger partial charge in [0, 0.05) is 12.8 Å². The summed E-state index contributed by atoms with van der Waals surface area (Å²) in [6.45, 7) is 4.43. The van der Waals surface area contributed by atoms with Crippen LogP contribution in [0.3, 0.4) is 0 Å². The maximum absolute atomic E-state index is 12.9. The Kier molecular flexibility index (Phi) is 56.3. The molecular weight excluding hydrogens is 1010 g/mol. The highest BCUT2D eigenvalue weighted by Gasteiger charge is 2.22. The zero-order chi connectivity index (χ0) is 59.1. The third-order valence-electron chi connectivity index (χ3n) is 12.1. The monoisotopic (exact) mass is 1120 g/mol. The Bertz CT molecular complexity index is 1980. The Morgan fingerprint density at radius 2 is 0.667 bits per heavy atom. The molecule has 0 aromatic rings. The quantitative estimate of drug-likeness (QED) is 0.0195. The number of carbonyl (C=O) groups excluding carboxylic acids is 3. The molecule has 0 aliphatic carbocycles. The van der Waals surface area contributed by atoms with E-state index in [0.717, 1.165) is 154 Å². The molecule has 0 amide bonds. The average Bonchev–Trinajstić information content (AvgIpc) is 3.44. The third kappa shape index (κ3) is 61.9. The number of quaternary nitrogens is 1. The second-order valence-corrected chi connectivity index (χ2v) is 20.9. The Balaban J connectivity index is 4.36. The van der Waals surface area contributed by atoms with Gasteiger partial charge in [-0.3, -0.25) is 9.59 Å². The minimum Gasteiger partial charge on any atom is -0.545 e. The van der Waals surface area contributed by atoms with Crippen LogP contribution in [0.5, 0.6) is 0 Å². The van der Waals surface area contributed by atoms with E-state index in [1.54, 1.807) is 0 Å². The molecule has 0 heterocycles. The fourth-order valence-electron chi connectivity index (χ4n) is 7.47. The van der Waals surface area contributed by atoms with Gasteiger partial charge in [0.2, 0.25) is 0 Å². The summed E-state index contributed by atoms with van der Waals surface area (Å²) < 4.78 is 22.6. The first kappa shape index (κ1) is 75.4. The predicted octanol–water partition coefficient (Wildman–Crippen LogP) is 17.6. The number of ether oxygens (including phenoxy) is 4. The van der Waals surface area contributed by atoms with Gasteiger partial charge in [-0.2, -0.15) is 0 Å². The van der Waals surface area contributed by atoms with Gasteiger partial charge in [0.05, 0.1) is 40.3 Å². The number of carboxylic acid groups (broad SMARTS) is 1. The summed E-state index contributed by atoms with van der Waals surface area (Å²) in [5.41, 5.74) is 0. The molecule has 0 aromatic heterocycles. The fraction of sp³-hybridized carbons (Fsp3) is 0.542. The Morgan fingerprint density at radius 1 is 0.370 bits per heavy atom. The van der Waals surface area contributed by atoms with Crippen LogP contribution in [0, 0.1) is 0 Å². The first-order valence-corrected chi connectivity index (χ1v) is 30.9. The van der Waals surface area contributed by atoms with Gasteiger partial charge in [-0.05, 0) is 135 Å². The molecular formula is C72H111NO8. The zero-order valence-corrected chi connectivity index (χ0v) is 51.3. The summed E-state index contributed by atoms with van der Waals surface area (Å²) in [6.07, 6.45) is 89.4. The number of esters is 2. The van der Waals surface area contributed by atoms with Gasteiger partial charge in [0.1, 0.15) is 13.2 Å². The van der Waals surface area contributed by atoms with E-state index in [1.807, 2.05) is 21.1 Å². The van der Waals surface area contributed by atoms with Crippen molar-refractivity contribution in [2.24, 2.45) is 0 Å². The van der Waals surface area contributed by atoms with Gasteiger partial charge in [-0.15, -0.1) is 0 Å². The number of hydrogen-bond donors (Lipinski definition) is 0. The predicted molar refractivity (Wildman–Crippen MR) is 342 cm³/mol. The standard InChI is InChI=1S/C72H111NO8/c1-6-8-10-12-14-16-18-20-22-24-26-28-29-30-31-32-33-34-35-36-37-38-39-40-41-43-45-47-49-51-53-55-57-59-61-63-70(75)81-68(67-80-72(71(76)77)78-65-64-73(3,4)5)66-79-69(74)62-60-58-56-54-52-50-48-46-44-42-27-25-23-21-19-17-15-13-11-9-7-2/h8-11,14-17,20-23,26-28,30-31,33-34,36-37,39-40,42-43,45-46,48-49,51,68,72H,6-7,12-13,18-19,24-25,29,32,35,38,41,44,47,50,52-67H2,1-5H3/b10-8-,11-9-,16-14-,17-15-,22-20-,23-21-,28-26-,31-30-,34-33-,37-36-,40-39-,42-27-,45-43-,48-46-,51-49-. The molecule has 0 aliphatic heterocycles. The highest BCUT2D eigenvalue weighted by Crippen LogP contribution is 2.12. The van der Waals surface area contributed by atoms with Crippen molar-refractivity contribution in [3.8, 4) is 0 Å². The van der Waals surface area contributed by atoms with Crippen molar-refractivity contribution in [3.63, 3.8) is 0 Å². The highest BCUT2D eigenvalue weighted by molar-refractivity contribution is 5.70. The average molecular weight is 1120 g/mol. The van der Waals surface area contributed by atoms with Crippen LogP contribution in [-0.2, 0) is 33.3 Å². The van der Waals surface area contributed by atoms with Crippen LogP contribution in [0.2, 0.25) is 0 Å². The van der Waals surface area contributed by atoms with Crippen LogP contribution in [-0.4, -0.2) is 82.3 Å². The lowest BCUT2D eigenvalue weighted by atomic mass is 10.1. The SMILES string of the molecule is CC/C=C\C/C=C\C/C=C\C/C=C\C/C=C\C/C=C\C/C=C\C/C=C\C/C=C\C/C=C\CCCCCCC(=O)OC(COC(=O)CCCCCCC/C=C\C/C=C\C/C=C\C/C=C\C/C=C\CC)COC(OCC[N+](C)(C)C)C(=O)[O-]. The molecule has 0 fully saturated rings. The molecule has 0 saturated heterocycles. The number of carboxylic acids is 1. The largest absolute Gasteiger partial charge is 0.545 e. The molecule has 0 saturated carbocycles. The van der Waals surface area contributed by atoms with E-state index >= 15 is 0 Å². The van der Waals surface area contributed by atoms with Crippen molar-refractivity contribution in [2.45, 2.75) is 206 Å². The van der Waals surface area contributed by atoms with Crippen LogP contribution in [0.4, 0.5) is 0 Å². The molecule has 452 valence electrons. The van der Waals surface area contributed by atoms with Crippen LogP contribution < -0.4 is 5.11 Å². The van der Waals surface area contributed by atoms with E-state index in [4.69, 9.17) is 18.9 Å². The Labute approximate surface area is 494 Å². The second-order valence-electron chi connectivity index (χ2n) is 20.9. The molecule has 0 aromatic carbocycles. The molecule has 0 bridgehead atoms. The molecule has 9 heteroatoms. The number of rotatable bonds is 54. The summed E-state index contributed by atoms with van der Waals surface area (Å²) >= 11 is 0. The minimum atomic E-state index is -1.65. The minimum absolute atomic E-state index is 0.127. The van der Waals surface area contributed by atoms with E-state index in [-0.39, 0.29) is 32.7 Å². The highest BCUT2D eigenvalue weighted by atomic mass is 16.7. The lowest BCUT2D eigenvalue weighted by molar-refractivity contribution is -0.870. The first-order valence-electron chi connectivity index (χ1n) is 30.9. The van der Waals surface area contributed by atoms with Crippen molar-refractivity contribution in [1.82, 2.24) is 0 Å². The normalized spacial score (nSPS) is 14.0. The lowest BCUT2D eigenvalue weighted by Crippen LogP contribution is -2.44. The maximum Gasteiger partial charge on any atom is 0.306 e. The molecule has 0 radical (unpaired) electrons. The van der Waals surface area contributed by atoms with Gasteiger partial charge in [0.25, 0.3) is 0 Å². The smallest absolute Gasteiger partial charge is 0.306 e. The summed E-state index contributed by atoms with van der Waals surface area (Å²) in [5.74, 6) is -2.37. The van der Waals surface area contributed by atoms with Crippen LogP contribution in [0.1, 0.15) is 194 Å². The van der Waals surface area contributed by atoms with Crippen LogP contribution in [0.15, 0.2) is 182 Å². The number of carbonyl (C=O) groups is 3. The summed E-state index contributed by atoms with van der Waals surface area (Å²) in [5, 5.41) is 11.8. The van der Waals surface area contributed by atoms with Crippen LogP contribution in [0.25, 0.3) is 0 Å². The summed E-state index contributed by atoms with van der Waals surface area (Å²) in [4.78, 5) is 37.3. The number of aliphatic carboxylic acids is 1. The van der Waals surface area contributed by atoms with E-state index in [2.05, 4.69) is 196 Å². The van der Waals surface area contributed by atoms with E-state index in [1.165, 1.54) is 0 Å². The van der Waals surface area contributed by atoms with Gasteiger partial charge >= 0.3 is 11.9 Å². The van der Waals surface area contributed by atoms with E-state index in [9.17, 15) is 19.5 Å². The number of nitrogens with zero attached hydrogens (tertiary/aromatic N) is 1. The van der Waals surface area contributed by atoms with Crippen LogP contribution >= 0.6 is 0 Å². The Hall–Kier alpha value is -5.61. The summed E-state index contributed by atoms with van der Waals surface area (Å²) in [6, 6.07) is 0. The number of likely N-dealkylation sites (N-methyl/N-ethyl adjacent to an activating group) is 1. The van der Waals surface area contributed by atoms with Crippen molar-refractivity contribution in [1.29, 1.82) is 0 Å². The number of allylic oxidation sites excluding steroid dienone is 30. The maximum atomic E-state index is 12.9. The molecule has 0 aliphatic rings. The van der Waals surface area contributed by atoms with Gasteiger partial charge in [-0.25, -0.2) is 0 Å². The summed E-state index contributed by atoms with van der Waals surface area (Å²) in [7, 11) is 5.89. The number of hydrogen-bond acceptors (Lipinski definition) is 8. The van der Waals surface area contributed by atoms with Gasteiger partial charge < -0.3 is 33.3 Å². The number of unbranched alkanes of at least 4 members (excludes halogenated alkanes) is 9.